The lowest BCUT2D eigenvalue weighted by Crippen LogP contribution is -2.35. The molecule has 0 radical (unpaired) electrons. The zero-order valence-electron chi connectivity index (χ0n) is 12.8. The Morgan fingerprint density at radius 3 is 3.14 bits per heavy atom. The number of hydrogen-bond acceptors (Lipinski definition) is 6. The Morgan fingerprint density at radius 1 is 1.55 bits per heavy atom. The lowest BCUT2D eigenvalue weighted by molar-refractivity contribution is -0.0260. The third-order valence-corrected chi connectivity index (χ3v) is 3.61. The molecule has 1 fully saturated rings. The smallest absolute Gasteiger partial charge is 0.117 e. The molecule has 1 aromatic heterocycles. The lowest BCUT2D eigenvalue weighted by Gasteiger charge is -2.23. The summed E-state index contributed by atoms with van der Waals surface area (Å²) in [7, 11) is 0. The molecule has 1 aromatic rings. The fraction of sp³-hybridized carbons (Fsp3) is 0.688. The second-order valence-electron chi connectivity index (χ2n) is 5.55. The monoisotopic (exact) mass is 308 g/mol. The summed E-state index contributed by atoms with van der Waals surface area (Å²) >= 11 is 0. The molecule has 6 nitrogen and oxygen atoms in total. The Labute approximate surface area is 131 Å². The molecule has 2 unspecified atom stereocenters. The minimum absolute atomic E-state index is 0.171. The maximum Gasteiger partial charge on any atom is 0.117 e. The van der Waals surface area contributed by atoms with Crippen LogP contribution in [0.15, 0.2) is 22.8 Å². The summed E-state index contributed by atoms with van der Waals surface area (Å²) in [5, 5.41) is 18.8. The molecular formula is C16H24N2O4. The maximum atomic E-state index is 10.1. The van der Waals surface area contributed by atoms with E-state index >= 15 is 0 Å². The molecule has 1 N–H and O–H groups in total. The van der Waals surface area contributed by atoms with Gasteiger partial charge in [-0.3, -0.25) is 4.90 Å². The van der Waals surface area contributed by atoms with Crippen molar-refractivity contribution in [3.63, 3.8) is 0 Å². The molecule has 22 heavy (non-hydrogen) atoms. The highest BCUT2D eigenvalue weighted by molar-refractivity contribution is 4.98. The van der Waals surface area contributed by atoms with Gasteiger partial charge in [-0.15, -0.1) is 0 Å². The Hall–Kier alpha value is -1.39. The van der Waals surface area contributed by atoms with Crippen LogP contribution in [0.1, 0.15) is 25.0 Å². The van der Waals surface area contributed by atoms with Crippen molar-refractivity contribution in [3.05, 3.63) is 24.2 Å². The first-order chi connectivity index (χ1) is 10.8. The standard InChI is InChI=1S/C16H24N2O4/c17-6-3-7-18(11-15-4-1-8-21-15)10-14(19)12-20-13-16-5-2-9-22-16/h1,4,8,14,16,19H,2-3,5,7,9-13H2. The van der Waals surface area contributed by atoms with Gasteiger partial charge < -0.3 is 19.0 Å². The number of ether oxygens (including phenoxy) is 2. The number of furan rings is 1. The molecule has 122 valence electrons. The van der Waals surface area contributed by atoms with Crippen LogP contribution in [0.25, 0.3) is 0 Å². The van der Waals surface area contributed by atoms with Crippen molar-refractivity contribution in [1.82, 2.24) is 4.90 Å². The zero-order chi connectivity index (χ0) is 15.6. The van der Waals surface area contributed by atoms with E-state index in [9.17, 15) is 5.11 Å². The van der Waals surface area contributed by atoms with Crippen LogP contribution < -0.4 is 0 Å². The third kappa shape index (κ3) is 6.16. The maximum absolute atomic E-state index is 10.1. The van der Waals surface area contributed by atoms with E-state index in [0.29, 0.717) is 32.7 Å². The number of nitriles is 1. The molecule has 1 saturated heterocycles. The summed E-state index contributed by atoms with van der Waals surface area (Å²) in [6.45, 7) is 3.25. The fourth-order valence-electron chi connectivity index (χ4n) is 2.53. The van der Waals surface area contributed by atoms with E-state index in [1.807, 2.05) is 17.0 Å². The van der Waals surface area contributed by atoms with Gasteiger partial charge in [0.25, 0.3) is 0 Å². The Kier molecular flexibility index (Phi) is 7.40. The Balaban J connectivity index is 1.69. The highest BCUT2D eigenvalue weighted by atomic mass is 16.5. The van der Waals surface area contributed by atoms with Gasteiger partial charge in [-0.05, 0) is 25.0 Å². The van der Waals surface area contributed by atoms with Gasteiger partial charge >= 0.3 is 0 Å². The Morgan fingerprint density at radius 2 is 2.45 bits per heavy atom. The molecule has 0 bridgehead atoms. The number of aliphatic hydroxyl groups excluding tert-OH is 1. The zero-order valence-corrected chi connectivity index (χ0v) is 12.8. The van der Waals surface area contributed by atoms with Crippen molar-refractivity contribution in [2.75, 3.05) is 32.9 Å². The van der Waals surface area contributed by atoms with Crippen molar-refractivity contribution in [3.8, 4) is 6.07 Å². The van der Waals surface area contributed by atoms with Crippen molar-refractivity contribution in [1.29, 1.82) is 5.26 Å². The van der Waals surface area contributed by atoms with Gasteiger partial charge in [0.05, 0.1) is 44.3 Å². The summed E-state index contributed by atoms with van der Waals surface area (Å²) in [4.78, 5) is 2.00. The van der Waals surface area contributed by atoms with Crippen molar-refractivity contribution in [2.45, 2.75) is 38.0 Å². The molecule has 2 atom stereocenters. The molecule has 0 amide bonds. The van der Waals surface area contributed by atoms with Crippen LogP contribution in [0.5, 0.6) is 0 Å². The molecule has 0 saturated carbocycles. The van der Waals surface area contributed by atoms with E-state index in [4.69, 9.17) is 19.2 Å². The van der Waals surface area contributed by atoms with E-state index in [1.165, 1.54) is 0 Å². The van der Waals surface area contributed by atoms with Crippen LogP contribution in [-0.4, -0.2) is 55.1 Å². The van der Waals surface area contributed by atoms with E-state index < -0.39 is 6.10 Å². The van der Waals surface area contributed by atoms with E-state index in [0.717, 1.165) is 25.2 Å². The van der Waals surface area contributed by atoms with Crippen LogP contribution in [0.3, 0.4) is 0 Å². The average molecular weight is 308 g/mol. The number of hydrogen-bond donors (Lipinski definition) is 1. The molecular weight excluding hydrogens is 284 g/mol. The number of nitrogens with zero attached hydrogens (tertiary/aromatic N) is 2. The molecule has 6 heteroatoms. The first kappa shape index (κ1) is 17.0. The second kappa shape index (κ2) is 9.59. The van der Waals surface area contributed by atoms with Gasteiger partial charge in [0.1, 0.15) is 5.76 Å². The van der Waals surface area contributed by atoms with E-state index in [-0.39, 0.29) is 12.7 Å². The topological polar surface area (TPSA) is 78.9 Å². The predicted molar refractivity (Wildman–Crippen MR) is 80.0 cm³/mol. The summed E-state index contributed by atoms with van der Waals surface area (Å²) in [5.74, 6) is 0.824. The highest BCUT2D eigenvalue weighted by Gasteiger charge is 2.17. The molecule has 1 aliphatic heterocycles. The first-order valence-electron chi connectivity index (χ1n) is 7.77. The average Bonchev–Trinajstić information content (AvgIpc) is 3.18. The number of aliphatic hydroxyl groups is 1. The van der Waals surface area contributed by atoms with Gasteiger partial charge in [-0.2, -0.15) is 5.26 Å². The van der Waals surface area contributed by atoms with Crippen molar-refractivity contribution in [2.24, 2.45) is 0 Å². The largest absolute Gasteiger partial charge is 0.468 e. The van der Waals surface area contributed by atoms with Crippen LogP contribution in [-0.2, 0) is 16.0 Å². The summed E-state index contributed by atoms with van der Waals surface area (Å²) < 4.78 is 16.3. The highest BCUT2D eigenvalue weighted by Crippen LogP contribution is 2.12. The van der Waals surface area contributed by atoms with Crippen LogP contribution in [0.2, 0.25) is 0 Å². The quantitative estimate of drug-likeness (QED) is 0.706. The van der Waals surface area contributed by atoms with Crippen LogP contribution in [0, 0.1) is 11.3 Å². The minimum Gasteiger partial charge on any atom is -0.468 e. The van der Waals surface area contributed by atoms with Crippen molar-refractivity contribution < 1.29 is 19.0 Å². The Bertz CT molecular complexity index is 437. The van der Waals surface area contributed by atoms with E-state index in [1.54, 1.807) is 6.26 Å². The summed E-state index contributed by atoms with van der Waals surface area (Å²) in [5.41, 5.74) is 0. The van der Waals surface area contributed by atoms with Crippen LogP contribution >= 0.6 is 0 Å². The van der Waals surface area contributed by atoms with Gasteiger partial charge in [0.2, 0.25) is 0 Å². The molecule has 1 aliphatic rings. The number of rotatable bonds is 10. The summed E-state index contributed by atoms with van der Waals surface area (Å²) in [6.07, 6.45) is 3.74. The van der Waals surface area contributed by atoms with Crippen molar-refractivity contribution >= 4 is 0 Å². The normalized spacial score (nSPS) is 19.4. The second-order valence-corrected chi connectivity index (χ2v) is 5.55. The van der Waals surface area contributed by atoms with Gasteiger partial charge in [-0.1, -0.05) is 0 Å². The third-order valence-electron chi connectivity index (χ3n) is 3.61. The molecule has 2 rings (SSSR count). The lowest BCUT2D eigenvalue weighted by atomic mass is 10.2. The molecule has 0 aromatic carbocycles. The first-order valence-corrected chi connectivity index (χ1v) is 7.77. The van der Waals surface area contributed by atoms with Gasteiger partial charge in [0, 0.05) is 26.1 Å². The van der Waals surface area contributed by atoms with Gasteiger partial charge in [0.15, 0.2) is 0 Å². The van der Waals surface area contributed by atoms with E-state index in [2.05, 4.69) is 6.07 Å². The predicted octanol–water partition coefficient (Wildman–Crippen LogP) is 1.55. The SMILES string of the molecule is N#CCCN(Cc1ccco1)CC(O)COCC1CCCO1. The van der Waals surface area contributed by atoms with Crippen LogP contribution in [0.4, 0.5) is 0 Å². The fourth-order valence-corrected chi connectivity index (χ4v) is 2.53. The summed E-state index contributed by atoms with van der Waals surface area (Å²) in [6, 6.07) is 5.85. The molecule has 2 heterocycles. The molecule has 0 aliphatic carbocycles. The molecule has 0 spiro atoms. The van der Waals surface area contributed by atoms with Gasteiger partial charge in [-0.25, -0.2) is 0 Å². The minimum atomic E-state index is -0.588.